The molecule has 2 N–H and O–H groups in total. The van der Waals surface area contributed by atoms with Crippen LogP contribution in [0.4, 0.5) is 0 Å². The summed E-state index contributed by atoms with van der Waals surface area (Å²) in [5, 5.41) is 3.40. The van der Waals surface area contributed by atoms with Gasteiger partial charge in [0.2, 0.25) is 0 Å². The Morgan fingerprint density at radius 3 is 3.00 bits per heavy atom. The van der Waals surface area contributed by atoms with Crippen LogP contribution in [0.3, 0.4) is 0 Å². The zero-order chi connectivity index (χ0) is 13.1. The fraction of sp³-hybridized carbons (Fsp3) is 0.533. The second-order valence-corrected chi connectivity index (χ2v) is 5.61. The lowest BCUT2D eigenvalue weighted by Crippen LogP contribution is -2.45. The molecule has 2 heterocycles. The number of aromatic nitrogens is 2. The van der Waals surface area contributed by atoms with Crippen molar-refractivity contribution in [2.24, 2.45) is 5.92 Å². The average molecular weight is 258 g/mol. The van der Waals surface area contributed by atoms with E-state index in [1.54, 1.807) is 6.33 Å². The van der Waals surface area contributed by atoms with E-state index >= 15 is 0 Å². The Balaban J connectivity index is 1.59. The molecular weight excluding hydrogens is 236 g/mol. The topological polar surface area (TPSA) is 44.0 Å². The van der Waals surface area contributed by atoms with Gasteiger partial charge in [-0.2, -0.15) is 0 Å². The number of rotatable bonds is 4. The highest BCUT2D eigenvalue weighted by atomic mass is 15.2. The molecule has 102 valence electrons. The summed E-state index contributed by atoms with van der Waals surface area (Å²) in [7, 11) is 0. The van der Waals surface area contributed by atoms with Crippen molar-refractivity contribution in [2.45, 2.75) is 13.3 Å². The highest BCUT2D eigenvalue weighted by Gasteiger charge is 2.13. The maximum absolute atomic E-state index is 4.26. The van der Waals surface area contributed by atoms with Gasteiger partial charge in [0.05, 0.1) is 17.4 Å². The first-order valence-corrected chi connectivity index (χ1v) is 7.16. The summed E-state index contributed by atoms with van der Waals surface area (Å²) in [4.78, 5) is 10.0. The highest BCUT2D eigenvalue weighted by molar-refractivity contribution is 5.75. The van der Waals surface area contributed by atoms with Crippen molar-refractivity contribution < 1.29 is 0 Å². The van der Waals surface area contributed by atoms with Crippen LogP contribution in [0.25, 0.3) is 11.0 Å². The number of benzene rings is 1. The molecule has 0 bridgehead atoms. The standard InChI is InChI=1S/C15H22N4/c1-12(10-19-6-4-16-5-7-19)8-13-2-3-14-15(9-13)18-11-17-14/h2-3,9,11-12,16H,4-8,10H2,1H3,(H,17,18). The first kappa shape index (κ1) is 12.6. The molecule has 0 aliphatic carbocycles. The lowest BCUT2D eigenvalue weighted by Gasteiger charge is -2.29. The van der Waals surface area contributed by atoms with Crippen LogP contribution < -0.4 is 5.32 Å². The van der Waals surface area contributed by atoms with Gasteiger partial charge in [-0.15, -0.1) is 0 Å². The zero-order valence-corrected chi connectivity index (χ0v) is 11.5. The number of piperazine rings is 1. The minimum Gasteiger partial charge on any atom is -0.345 e. The van der Waals surface area contributed by atoms with Crippen LogP contribution in [0.2, 0.25) is 0 Å². The van der Waals surface area contributed by atoms with Crippen molar-refractivity contribution in [1.29, 1.82) is 0 Å². The number of hydrogen-bond acceptors (Lipinski definition) is 3. The summed E-state index contributed by atoms with van der Waals surface area (Å²) >= 11 is 0. The predicted molar refractivity (Wildman–Crippen MR) is 78.3 cm³/mol. The number of fused-ring (bicyclic) bond motifs is 1. The molecule has 1 aliphatic rings. The van der Waals surface area contributed by atoms with Gasteiger partial charge in [0.1, 0.15) is 0 Å². The third kappa shape index (κ3) is 3.14. The number of imidazole rings is 1. The summed E-state index contributed by atoms with van der Waals surface area (Å²) in [5.41, 5.74) is 3.60. The van der Waals surface area contributed by atoms with Crippen molar-refractivity contribution in [3.8, 4) is 0 Å². The van der Waals surface area contributed by atoms with E-state index in [-0.39, 0.29) is 0 Å². The Kier molecular flexibility index (Phi) is 3.80. The van der Waals surface area contributed by atoms with Gasteiger partial charge in [-0.1, -0.05) is 13.0 Å². The normalized spacial score (nSPS) is 18.8. The van der Waals surface area contributed by atoms with Crippen molar-refractivity contribution in [2.75, 3.05) is 32.7 Å². The van der Waals surface area contributed by atoms with E-state index in [0.717, 1.165) is 30.5 Å². The van der Waals surface area contributed by atoms with Crippen molar-refractivity contribution >= 4 is 11.0 Å². The molecule has 4 heteroatoms. The van der Waals surface area contributed by atoms with E-state index in [4.69, 9.17) is 0 Å². The molecule has 0 spiro atoms. The molecule has 1 aromatic heterocycles. The van der Waals surface area contributed by atoms with Gasteiger partial charge < -0.3 is 15.2 Å². The predicted octanol–water partition coefficient (Wildman–Crippen LogP) is 1.65. The molecule has 1 atom stereocenters. The highest BCUT2D eigenvalue weighted by Crippen LogP contribution is 2.15. The quantitative estimate of drug-likeness (QED) is 0.876. The molecular formula is C15H22N4. The van der Waals surface area contributed by atoms with Crippen LogP contribution in [0.1, 0.15) is 12.5 Å². The number of nitrogens with one attached hydrogen (secondary N) is 2. The second-order valence-electron chi connectivity index (χ2n) is 5.61. The molecule has 2 aromatic rings. The van der Waals surface area contributed by atoms with Gasteiger partial charge in [-0.3, -0.25) is 0 Å². The van der Waals surface area contributed by atoms with Gasteiger partial charge in [0, 0.05) is 32.7 Å². The van der Waals surface area contributed by atoms with Gasteiger partial charge in [-0.25, -0.2) is 4.98 Å². The molecule has 1 saturated heterocycles. The second kappa shape index (κ2) is 5.72. The molecule has 1 fully saturated rings. The van der Waals surface area contributed by atoms with Crippen LogP contribution >= 0.6 is 0 Å². The smallest absolute Gasteiger partial charge is 0.0931 e. The number of aromatic amines is 1. The van der Waals surface area contributed by atoms with Crippen LogP contribution in [0.5, 0.6) is 0 Å². The zero-order valence-electron chi connectivity index (χ0n) is 11.5. The Labute approximate surface area is 114 Å². The summed E-state index contributed by atoms with van der Waals surface area (Å²) in [6.07, 6.45) is 2.90. The van der Waals surface area contributed by atoms with Gasteiger partial charge in [-0.05, 0) is 30.0 Å². The molecule has 19 heavy (non-hydrogen) atoms. The molecule has 0 radical (unpaired) electrons. The monoisotopic (exact) mass is 258 g/mol. The van der Waals surface area contributed by atoms with Crippen LogP contribution in [-0.4, -0.2) is 47.6 Å². The minimum atomic E-state index is 0.693. The molecule has 1 unspecified atom stereocenters. The summed E-state index contributed by atoms with van der Waals surface area (Å²) in [6, 6.07) is 6.55. The minimum absolute atomic E-state index is 0.693. The number of H-pyrrole nitrogens is 1. The van der Waals surface area contributed by atoms with Crippen molar-refractivity contribution in [3.05, 3.63) is 30.1 Å². The Hall–Kier alpha value is -1.39. The first-order valence-electron chi connectivity index (χ1n) is 7.16. The number of hydrogen-bond donors (Lipinski definition) is 2. The summed E-state index contributed by atoms with van der Waals surface area (Å²) in [5.74, 6) is 0.693. The average Bonchev–Trinajstić information content (AvgIpc) is 2.87. The van der Waals surface area contributed by atoms with Crippen molar-refractivity contribution in [1.82, 2.24) is 20.2 Å². The van der Waals surface area contributed by atoms with Gasteiger partial charge >= 0.3 is 0 Å². The Morgan fingerprint density at radius 2 is 2.16 bits per heavy atom. The van der Waals surface area contributed by atoms with Crippen molar-refractivity contribution in [3.63, 3.8) is 0 Å². The van der Waals surface area contributed by atoms with E-state index in [1.807, 2.05) is 0 Å². The largest absolute Gasteiger partial charge is 0.345 e. The lowest BCUT2D eigenvalue weighted by molar-refractivity contribution is 0.211. The van der Waals surface area contributed by atoms with E-state index in [1.165, 1.54) is 25.2 Å². The SMILES string of the molecule is CC(Cc1ccc2nc[nH]c2c1)CN1CCNCC1. The Bertz CT molecular complexity index is 528. The first-order chi connectivity index (χ1) is 9.31. The fourth-order valence-electron chi connectivity index (χ4n) is 2.91. The van der Waals surface area contributed by atoms with E-state index in [9.17, 15) is 0 Å². The Morgan fingerprint density at radius 1 is 1.32 bits per heavy atom. The summed E-state index contributed by atoms with van der Waals surface area (Å²) in [6.45, 7) is 8.18. The molecule has 1 aromatic carbocycles. The van der Waals surface area contributed by atoms with Crippen LogP contribution in [-0.2, 0) is 6.42 Å². The fourth-order valence-corrected chi connectivity index (χ4v) is 2.91. The van der Waals surface area contributed by atoms with E-state index in [2.05, 4.69) is 45.3 Å². The van der Waals surface area contributed by atoms with E-state index in [0.29, 0.717) is 5.92 Å². The molecule has 1 aliphatic heterocycles. The lowest BCUT2D eigenvalue weighted by atomic mass is 10.00. The maximum atomic E-state index is 4.26. The molecule has 4 nitrogen and oxygen atoms in total. The van der Waals surface area contributed by atoms with Gasteiger partial charge in [0.15, 0.2) is 0 Å². The van der Waals surface area contributed by atoms with E-state index < -0.39 is 0 Å². The third-order valence-corrected chi connectivity index (χ3v) is 3.85. The van der Waals surface area contributed by atoms with Gasteiger partial charge in [0.25, 0.3) is 0 Å². The van der Waals surface area contributed by atoms with Crippen LogP contribution in [0.15, 0.2) is 24.5 Å². The van der Waals surface area contributed by atoms with Crippen LogP contribution in [0, 0.1) is 5.92 Å². The number of nitrogens with zero attached hydrogens (tertiary/aromatic N) is 2. The molecule has 3 rings (SSSR count). The third-order valence-electron chi connectivity index (χ3n) is 3.85. The molecule has 0 amide bonds. The molecule has 0 saturated carbocycles. The summed E-state index contributed by atoms with van der Waals surface area (Å²) < 4.78 is 0. The maximum Gasteiger partial charge on any atom is 0.0931 e.